The van der Waals surface area contributed by atoms with Gasteiger partial charge in [0.15, 0.2) is 0 Å². The maximum atomic E-state index is 13.1. The van der Waals surface area contributed by atoms with Crippen molar-refractivity contribution in [2.75, 3.05) is 11.9 Å². The molecule has 0 aromatic heterocycles. The van der Waals surface area contributed by atoms with Crippen LogP contribution in [0.3, 0.4) is 0 Å². The lowest BCUT2D eigenvalue weighted by Gasteiger charge is -2.32. The van der Waals surface area contributed by atoms with Crippen LogP contribution >= 0.6 is 0 Å². The van der Waals surface area contributed by atoms with Gasteiger partial charge in [0, 0.05) is 18.2 Å². The van der Waals surface area contributed by atoms with Gasteiger partial charge in [0.2, 0.25) is 10.0 Å². The van der Waals surface area contributed by atoms with E-state index < -0.39 is 15.9 Å². The Hall–Kier alpha value is -2.38. The molecule has 1 saturated heterocycles. The number of nitrogens with one attached hydrogen (secondary N) is 1. The van der Waals surface area contributed by atoms with Crippen molar-refractivity contribution in [3.63, 3.8) is 0 Å². The zero-order valence-corrected chi connectivity index (χ0v) is 17.2. The summed E-state index contributed by atoms with van der Waals surface area (Å²) in [5.41, 5.74) is 2.09. The molecule has 1 heterocycles. The minimum atomic E-state index is -3.67. The van der Waals surface area contributed by atoms with Gasteiger partial charge in [0.25, 0.3) is 5.91 Å². The fraction of sp³-hybridized carbons (Fsp3) is 0.381. The van der Waals surface area contributed by atoms with Crippen LogP contribution in [0, 0.1) is 13.8 Å². The highest BCUT2D eigenvalue weighted by Gasteiger charge is 2.31. The molecule has 2 aromatic rings. The molecule has 6 nitrogen and oxygen atoms in total. The lowest BCUT2D eigenvalue weighted by molar-refractivity contribution is 0.102. The van der Waals surface area contributed by atoms with Crippen molar-refractivity contribution in [1.82, 2.24) is 4.31 Å². The number of rotatable bonds is 4. The SMILES string of the molecule is Cc1ccc(NC(=O)c2cc(S(=O)(=O)N3CCCCC3C)ccc2C)c(O)c1. The number of phenols is 1. The minimum Gasteiger partial charge on any atom is -0.506 e. The topological polar surface area (TPSA) is 86.7 Å². The van der Waals surface area contributed by atoms with Crippen LogP contribution in [-0.2, 0) is 10.0 Å². The van der Waals surface area contributed by atoms with Crippen molar-refractivity contribution in [1.29, 1.82) is 0 Å². The Kier molecular flexibility index (Phi) is 5.76. The Bertz CT molecular complexity index is 1000. The summed E-state index contributed by atoms with van der Waals surface area (Å²) in [6.45, 7) is 6.00. The van der Waals surface area contributed by atoms with E-state index in [-0.39, 0.29) is 27.9 Å². The number of sulfonamides is 1. The monoisotopic (exact) mass is 402 g/mol. The molecule has 1 unspecified atom stereocenters. The second kappa shape index (κ2) is 7.93. The normalized spacial score (nSPS) is 18.0. The number of aromatic hydroxyl groups is 1. The maximum absolute atomic E-state index is 13.1. The van der Waals surface area contributed by atoms with Crippen LogP contribution < -0.4 is 5.32 Å². The first-order chi connectivity index (χ1) is 13.2. The molecule has 3 rings (SSSR count). The Morgan fingerprint density at radius 1 is 1.14 bits per heavy atom. The largest absolute Gasteiger partial charge is 0.506 e. The van der Waals surface area contributed by atoms with Crippen molar-refractivity contribution < 1.29 is 18.3 Å². The van der Waals surface area contributed by atoms with Crippen LogP contribution in [0.15, 0.2) is 41.3 Å². The molecular weight excluding hydrogens is 376 g/mol. The van der Waals surface area contributed by atoms with E-state index in [0.717, 1.165) is 24.8 Å². The molecule has 1 aliphatic rings. The van der Waals surface area contributed by atoms with E-state index in [1.165, 1.54) is 10.4 Å². The molecule has 1 atom stereocenters. The van der Waals surface area contributed by atoms with Gasteiger partial charge in [0.05, 0.1) is 10.6 Å². The van der Waals surface area contributed by atoms with Gasteiger partial charge in [0.1, 0.15) is 5.75 Å². The van der Waals surface area contributed by atoms with Gasteiger partial charge >= 0.3 is 0 Å². The minimum absolute atomic E-state index is 0.0306. The summed E-state index contributed by atoms with van der Waals surface area (Å²) in [7, 11) is -3.67. The van der Waals surface area contributed by atoms with Crippen molar-refractivity contribution in [3.8, 4) is 5.75 Å². The van der Waals surface area contributed by atoms with Gasteiger partial charge in [-0.1, -0.05) is 18.6 Å². The number of phenolic OH excluding ortho intramolecular Hbond substituents is 1. The van der Waals surface area contributed by atoms with Crippen LogP contribution in [0.25, 0.3) is 0 Å². The molecule has 2 N–H and O–H groups in total. The first-order valence-electron chi connectivity index (χ1n) is 9.43. The molecular formula is C21H26N2O4S. The summed E-state index contributed by atoms with van der Waals surface area (Å²) in [4.78, 5) is 12.9. The number of hydrogen-bond donors (Lipinski definition) is 2. The van der Waals surface area contributed by atoms with E-state index in [1.54, 1.807) is 37.3 Å². The summed E-state index contributed by atoms with van der Waals surface area (Å²) in [6, 6.07) is 9.52. The number of amides is 1. The van der Waals surface area contributed by atoms with Gasteiger partial charge in [-0.2, -0.15) is 4.31 Å². The van der Waals surface area contributed by atoms with Crippen LogP contribution in [0.1, 0.15) is 47.7 Å². The fourth-order valence-corrected chi connectivity index (χ4v) is 5.23. The number of benzene rings is 2. The molecule has 1 aliphatic heterocycles. The first kappa shape index (κ1) is 20.4. The number of piperidine rings is 1. The standard InChI is InChI=1S/C21H26N2O4S/c1-14-7-10-19(20(24)12-14)22-21(25)18-13-17(9-8-15(18)2)28(26,27)23-11-5-4-6-16(23)3/h7-10,12-13,16,24H,4-6,11H2,1-3H3,(H,22,25). The van der Waals surface area contributed by atoms with E-state index in [1.807, 2.05) is 13.8 Å². The Balaban J connectivity index is 1.91. The third-order valence-electron chi connectivity index (χ3n) is 5.20. The lowest BCUT2D eigenvalue weighted by atomic mass is 10.1. The summed E-state index contributed by atoms with van der Waals surface area (Å²) < 4.78 is 27.7. The molecule has 7 heteroatoms. The predicted octanol–water partition coefficient (Wildman–Crippen LogP) is 3.82. The number of carbonyl (C=O) groups is 1. The zero-order valence-electron chi connectivity index (χ0n) is 16.4. The van der Waals surface area contributed by atoms with Gasteiger partial charge in [-0.3, -0.25) is 4.79 Å². The van der Waals surface area contributed by atoms with E-state index >= 15 is 0 Å². The highest BCUT2D eigenvalue weighted by atomic mass is 32.2. The first-order valence-corrected chi connectivity index (χ1v) is 10.9. The zero-order chi connectivity index (χ0) is 20.5. The highest BCUT2D eigenvalue weighted by Crippen LogP contribution is 2.28. The molecule has 28 heavy (non-hydrogen) atoms. The Morgan fingerprint density at radius 2 is 1.89 bits per heavy atom. The molecule has 0 spiro atoms. The third-order valence-corrected chi connectivity index (χ3v) is 7.21. The van der Waals surface area contributed by atoms with Crippen molar-refractivity contribution in [2.45, 2.75) is 51.0 Å². The van der Waals surface area contributed by atoms with Crippen molar-refractivity contribution in [2.24, 2.45) is 0 Å². The van der Waals surface area contributed by atoms with E-state index in [2.05, 4.69) is 5.32 Å². The van der Waals surface area contributed by atoms with E-state index in [0.29, 0.717) is 12.1 Å². The number of anilines is 1. The van der Waals surface area contributed by atoms with E-state index in [4.69, 9.17) is 0 Å². The predicted molar refractivity (Wildman–Crippen MR) is 109 cm³/mol. The van der Waals surface area contributed by atoms with Gasteiger partial charge in [-0.05, 0) is 69.0 Å². The lowest BCUT2D eigenvalue weighted by Crippen LogP contribution is -2.42. The molecule has 0 saturated carbocycles. The number of aryl methyl sites for hydroxylation is 2. The molecule has 150 valence electrons. The number of nitrogens with zero attached hydrogens (tertiary/aromatic N) is 1. The summed E-state index contributed by atoms with van der Waals surface area (Å²) >= 11 is 0. The second-order valence-corrected chi connectivity index (χ2v) is 9.30. The molecule has 0 bridgehead atoms. The van der Waals surface area contributed by atoms with Crippen molar-refractivity contribution in [3.05, 3.63) is 53.1 Å². The van der Waals surface area contributed by atoms with Crippen LogP contribution in [-0.4, -0.2) is 36.3 Å². The van der Waals surface area contributed by atoms with Crippen molar-refractivity contribution >= 4 is 21.6 Å². The molecule has 1 fully saturated rings. The van der Waals surface area contributed by atoms with Crippen LogP contribution in [0.2, 0.25) is 0 Å². The van der Waals surface area contributed by atoms with Crippen LogP contribution in [0.4, 0.5) is 5.69 Å². The third kappa shape index (κ3) is 4.05. The summed E-state index contributed by atoms with van der Waals surface area (Å²) in [6.07, 6.45) is 2.70. The Labute approximate surface area is 166 Å². The average Bonchev–Trinajstić information content (AvgIpc) is 2.64. The summed E-state index contributed by atoms with van der Waals surface area (Å²) in [5.74, 6) is -0.489. The van der Waals surface area contributed by atoms with Gasteiger partial charge < -0.3 is 10.4 Å². The molecule has 2 aromatic carbocycles. The fourth-order valence-electron chi connectivity index (χ4n) is 3.51. The smallest absolute Gasteiger partial charge is 0.256 e. The number of hydrogen-bond acceptors (Lipinski definition) is 4. The maximum Gasteiger partial charge on any atom is 0.256 e. The van der Waals surface area contributed by atoms with Gasteiger partial charge in [-0.15, -0.1) is 0 Å². The van der Waals surface area contributed by atoms with Crippen LogP contribution in [0.5, 0.6) is 5.75 Å². The second-order valence-electron chi connectivity index (χ2n) is 7.41. The van der Waals surface area contributed by atoms with E-state index in [9.17, 15) is 18.3 Å². The quantitative estimate of drug-likeness (QED) is 0.761. The number of carbonyl (C=O) groups excluding carboxylic acids is 1. The molecule has 0 aliphatic carbocycles. The highest BCUT2D eigenvalue weighted by molar-refractivity contribution is 7.89. The molecule has 1 amide bonds. The van der Waals surface area contributed by atoms with Gasteiger partial charge in [-0.25, -0.2) is 8.42 Å². The molecule has 0 radical (unpaired) electrons. The Morgan fingerprint density at radius 3 is 2.57 bits per heavy atom. The summed E-state index contributed by atoms with van der Waals surface area (Å²) in [5, 5.41) is 12.7. The average molecular weight is 403 g/mol.